The Labute approximate surface area is 102 Å². The van der Waals surface area contributed by atoms with Gasteiger partial charge < -0.3 is 10.8 Å². The van der Waals surface area contributed by atoms with Crippen LogP contribution in [0.25, 0.3) is 0 Å². The van der Waals surface area contributed by atoms with Crippen LogP contribution in [0.4, 0.5) is 0 Å². The second-order valence-corrected chi connectivity index (χ2v) is 4.87. The molecule has 17 heavy (non-hydrogen) atoms. The van der Waals surface area contributed by atoms with Crippen LogP contribution in [-0.4, -0.2) is 11.0 Å². The fourth-order valence-corrected chi connectivity index (χ4v) is 2.66. The third kappa shape index (κ3) is 2.99. The molecule has 0 aliphatic heterocycles. The summed E-state index contributed by atoms with van der Waals surface area (Å²) in [5.74, 6) is 0.465. The van der Waals surface area contributed by atoms with Crippen molar-refractivity contribution >= 4 is 5.91 Å². The first-order valence-electron chi connectivity index (χ1n) is 6.27. The lowest BCUT2D eigenvalue weighted by Crippen LogP contribution is -2.14. The maximum atomic E-state index is 10.9. The van der Waals surface area contributed by atoms with Crippen LogP contribution in [0.15, 0.2) is 18.2 Å². The third-order valence-electron chi connectivity index (χ3n) is 3.52. The molecule has 0 aromatic heterocycles. The smallest absolute Gasteiger partial charge is 0.221 e. The van der Waals surface area contributed by atoms with Crippen LogP contribution in [0.5, 0.6) is 5.75 Å². The zero-order valence-electron chi connectivity index (χ0n) is 9.98. The standard InChI is InChI=1S/C14H19NO2/c15-14(17)9-10-6-7-13(16)12(8-10)11-4-2-1-3-5-11/h6-8,11,16H,1-5,9H2,(H2,15,17). The summed E-state index contributed by atoms with van der Waals surface area (Å²) in [5, 5.41) is 9.91. The van der Waals surface area contributed by atoms with E-state index in [1.807, 2.05) is 6.07 Å². The van der Waals surface area contributed by atoms with Crippen molar-refractivity contribution in [2.45, 2.75) is 44.4 Å². The van der Waals surface area contributed by atoms with E-state index in [1.165, 1.54) is 19.3 Å². The van der Waals surface area contributed by atoms with Crippen molar-refractivity contribution < 1.29 is 9.90 Å². The number of hydrogen-bond donors (Lipinski definition) is 2. The predicted molar refractivity (Wildman–Crippen MR) is 66.8 cm³/mol. The number of benzene rings is 1. The number of primary amides is 1. The fraction of sp³-hybridized carbons (Fsp3) is 0.500. The molecule has 1 aliphatic carbocycles. The molecule has 0 spiro atoms. The molecular weight excluding hydrogens is 214 g/mol. The predicted octanol–water partition coefficient (Wildman–Crippen LogP) is 2.47. The molecule has 1 aliphatic rings. The highest BCUT2D eigenvalue weighted by molar-refractivity contribution is 5.76. The molecular formula is C14H19NO2. The van der Waals surface area contributed by atoms with E-state index in [-0.39, 0.29) is 12.3 Å². The number of carbonyl (C=O) groups is 1. The fourth-order valence-electron chi connectivity index (χ4n) is 2.66. The summed E-state index contributed by atoms with van der Waals surface area (Å²) in [5.41, 5.74) is 7.08. The lowest BCUT2D eigenvalue weighted by atomic mass is 9.83. The Morgan fingerprint density at radius 1 is 1.29 bits per heavy atom. The Bertz CT molecular complexity index is 409. The average molecular weight is 233 g/mol. The average Bonchev–Trinajstić information content (AvgIpc) is 2.32. The lowest BCUT2D eigenvalue weighted by Gasteiger charge is -2.23. The van der Waals surface area contributed by atoms with Crippen molar-refractivity contribution in [2.75, 3.05) is 0 Å². The van der Waals surface area contributed by atoms with Gasteiger partial charge in [0.05, 0.1) is 6.42 Å². The van der Waals surface area contributed by atoms with E-state index < -0.39 is 0 Å². The highest BCUT2D eigenvalue weighted by Gasteiger charge is 2.19. The zero-order chi connectivity index (χ0) is 12.3. The van der Waals surface area contributed by atoms with Gasteiger partial charge in [0.2, 0.25) is 5.91 Å². The Kier molecular flexibility index (Phi) is 3.67. The van der Waals surface area contributed by atoms with Gasteiger partial charge in [-0.25, -0.2) is 0 Å². The molecule has 0 heterocycles. The van der Waals surface area contributed by atoms with Crippen LogP contribution in [-0.2, 0) is 11.2 Å². The quantitative estimate of drug-likeness (QED) is 0.842. The van der Waals surface area contributed by atoms with Gasteiger partial charge in [0.15, 0.2) is 0 Å². The van der Waals surface area contributed by atoms with Crippen molar-refractivity contribution in [3.63, 3.8) is 0 Å². The Balaban J connectivity index is 2.21. The molecule has 1 aromatic carbocycles. The summed E-state index contributed by atoms with van der Waals surface area (Å²) < 4.78 is 0. The van der Waals surface area contributed by atoms with Crippen LogP contribution in [0.2, 0.25) is 0 Å². The van der Waals surface area contributed by atoms with E-state index in [1.54, 1.807) is 12.1 Å². The van der Waals surface area contributed by atoms with Crippen molar-refractivity contribution in [2.24, 2.45) is 5.73 Å². The Morgan fingerprint density at radius 3 is 2.65 bits per heavy atom. The topological polar surface area (TPSA) is 63.3 Å². The maximum Gasteiger partial charge on any atom is 0.221 e. The number of hydrogen-bond acceptors (Lipinski definition) is 2. The normalized spacial score (nSPS) is 16.9. The van der Waals surface area contributed by atoms with Gasteiger partial charge >= 0.3 is 0 Å². The SMILES string of the molecule is NC(=O)Cc1ccc(O)c(C2CCCCC2)c1. The second kappa shape index (κ2) is 5.21. The van der Waals surface area contributed by atoms with Crippen LogP contribution in [0.3, 0.4) is 0 Å². The van der Waals surface area contributed by atoms with Gasteiger partial charge in [-0.2, -0.15) is 0 Å². The Morgan fingerprint density at radius 2 is 2.00 bits per heavy atom. The van der Waals surface area contributed by atoms with E-state index in [0.29, 0.717) is 11.7 Å². The summed E-state index contributed by atoms with van der Waals surface area (Å²) in [6.07, 6.45) is 6.26. The van der Waals surface area contributed by atoms with Gasteiger partial charge in [-0.05, 0) is 36.0 Å². The second-order valence-electron chi connectivity index (χ2n) is 4.87. The van der Waals surface area contributed by atoms with Crippen molar-refractivity contribution in [1.82, 2.24) is 0 Å². The molecule has 0 bridgehead atoms. The van der Waals surface area contributed by atoms with E-state index in [0.717, 1.165) is 24.0 Å². The van der Waals surface area contributed by atoms with Crippen LogP contribution in [0.1, 0.15) is 49.1 Å². The number of phenols is 1. The molecule has 1 fully saturated rings. The first-order valence-corrected chi connectivity index (χ1v) is 6.27. The van der Waals surface area contributed by atoms with Gasteiger partial charge in [-0.15, -0.1) is 0 Å². The monoisotopic (exact) mass is 233 g/mol. The molecule has 0 radical (unpaired) electrons. The number of phenolic OH excluding ortho intramolecular Hbond substituents is 1. The highest BCUT2D eigenvalue weighted by Crippen LogP contribution is 2.37. The Hall–Kier alpha value is -1.51. The molecule has 1 amide bonds. The lowest BCUT2D eigenvalue weighted by molar-refractivity contribution is -0.117. The molecule has 92 valence electrons. The summed E-state index contributed by atoms with van der Waals surface area (Å²) >= 11 is 0. The first kappa shape index (κ1) is 12.0. The van der Waals surface area contributed by atoms with E-state index in [2.05, 4.69) is 0 Å². The third-order valence-corrected chi connectivity index (χ3v) is 3.52. The minimum atomic E-state index is -0.328. The maximum absolute atomic E-state index is 10.9. The van der Waals surface area contributed by atoms with E-state index in [4.69, 9.17) is 5.73 Å². The summed E-state index contributed by atoms with van der Waals surface area (Å²) in [4.78, 5) is 10.9. The van der Waals surface area contributed by atoms with Gasteiger partial charge in [0, 0.05) is 0 Å². The van der Waals surface area contributed by atoms with E-state index in [9.17, 15) is 9.90 Å². The molecule has 0 atom stereocenters. The number of carbonyl (C=O) groups excluding carboxylic acids is 1. The van der Waals surface area contributed by atoms with Gasteiger partial charge in [0.1, 0.15) is 5.75 Å². The molecule has 3 nitrogen and oxygen atoms in total. The molecule has 1 saturated carbocycles. The zero-order valence-corrected chi connectivity index (χ0v) is 9.98. The molecule has 0 saturated heterocycles. The number of nitrogens with two attached hydrogens (primary N) is 1. The summed E-state index contributed by atoms with van der Waals surface area (Å²) in [6, 6.07) is 5.39. The van der Waals surface area contributed by atoms with Gasteiger partial charge in [-0.3, -0.25) is 4.79 Å². The minimum absolute atomic E-state index is 0.250. The molecule has 3 heteroatoms. The molecule has 1 aromatic rings. The molecule has 2 rings (SSSR count). The number of amides is 1. The van der Waals surface area contributed by atoms with Crippen molar-refractivity contribution in [3.8, 4) is 5.75 Å². The van der Waals surface area contributed by atoms with Gasteiger partial charge in [0.25, 0.3) is 0 Å². The van der Waals surface area contributed by atoms with Crippen LogP contribution < -0.4 is 5.73 Å². The number of rotatable bonds is 3. The highest BCUT2D eigenvalue weighted by atomic mass is 16.3. The summed E-state index contributed by atoms with van der Waals surface area (Å²) in [7, 11) is 0. The summed E-state index contributed by atoms with van der Waals surface area (Å²) in [6.45, 7) is 0. The van der Waals surface area contributed by atoms with E-state index >= 15 is 0 Å². The molecule has 0 unspecified atom stereocenters. The van der Waals surface area contributed by atoms with Crippen LogP contribution in [0, 0.1) is 0 Å². The van der Waals surface area contributed by atoms with Gasteiger partial charge in [-0.1, -0.05) is 31.4 Å². The van der Waals surface area contributed by atoms with Crippen molar-refractivity contribution in [3.05, 3.63) is 29.3 Å². The van der Waals surface area contributed by atoms with Crippen molar-refractivity contribution in [1.29, 1.82) is 0 Å². The van der Waals surface area contributed by atoms with Crippen LogP contribution >= 0.6 is 0 Å². The first-order chi connectivity index (χ1) is 8.16. The molecule has 3 N–H and O–H groups in total. The largest absolute Gasteiger partial charge is 0.508 e. The number of aromatic hydroxyl groups is 1. The minimum Gasteiger partial charge on any atom is -0.508 e.